The van der Waals surface area contributed by atoms with Crippen molar-refractivity contribution in [3.8, 4) is 0 Å². The Bertz CT molecular complexity index is 3470. The molecule has 0 saturated heterocycles. The number of aryl methyl sites for hydroxylation is 4. The third-order valence-electron chi connectivity index (χ3n) is 16.2. The lowest BCUT2D eigenvalue weighted by Gasteiger charge is -2.47. The van der Waals surface area contributed by atoms with E-state index in [0.717, 1.165) is 17.1 Å². The maximum absolute atomic E-state index is 2.68. The van der Waals surface area contributed by atoms with Gasteiger partial charge in [0.15, 0.2) is 0 Å². The van der Waals surface area contributed by atoms with Crippen molar-refractivity contribution in [1.29, 1.82) is 0 Å². The van der Waals surface area contributed by atoms with E-state index in [1.54, 1.807) is 0 Å². The number of hydrogen-bond donors (Lipinski definition) is 0. The van der Waals surface area contributed by atoms with Crippen LogP contribution in [0.25, 0.3) is 10.8 Å². The summed E-state index contributed by atoms with van der Waals surface area (Å²) >= 11 is 0. The van der Waals surface area contributed by atoms with E-state index in [9.17, 15) is 0 Å². The molecule has 0 N–H and O–H groups in total. The zero-order valence-corrected chi connectivity index (χ0v) is 48.2. The third kappa shape index (κ3) is 8.74. The van der Waals surface area contributed by atoms with Gasteiger partial charge in [0.05, 0.1) is 17.1 Å². The second-order valence-corrected chi connectivity index (χ2v) is 27.1. The lowest BCUT2D eigenvalue weighted by Crippen LogP contribution is -2.61. The first-order chi connectivity index (χ1) is 34.5. The summed E-state index contributed by atoms with van der Waals surface area (Å²) in [6.07, 6.45) is 0. The number of anilines is 9. The summed E-state index contributed by atoms with van der Waals surface area (Å²) < 4.78 is 0. The molecule has 2 heterocycles. The van der Waals surface area contributed by atoms with Crippen molar-refractivity contribution in [3.63, 3.8) is 0 Å². The quantitative estimate of drug-likeness (QED) is 0.159. The smallest absolute Gasteiger partial charge is 0.252 e. The van der Waals surface area contributed by atoms with Crippen LogP contribution in [0.2, 0.25) is 0 Å². The first kappa shape index (κ1) is 51.0. The highest BCUT2D eigenvalue weighted by Crippen LogP contribution is 2.51. The SMILES string of the molecule is Cc1cc(C(C)(C)C)cc(C)c1N1c2ccc(C(C)(C)C)cc2B2c3ccc(N(c4ccc(C(C)(C)C)cc4)c4cccc5ccccc45)cc3N(c3c(C)cc(C(C)(C)C)cc3C)c3cc(C(C)(C)C)cc1c32. The van der Waals surface area contributed by atoms with Gasteiger partial charge in [0.2, 0.25) is 0 Å². The molecule has 0 aromatic heterocycles. The van der Waals surface area contributed by atoms with Gasteiger partial charge in [-0.2, -0.15) is 0 Å². The highest BCUT2D eigenvalue weighted by molar-refractivity contribution is 7.00. The van der Waals surface area contributed by atoms with Gasteiger partial charge >= 0.3 is 0 Å². The monoisotopic (exact) mass is 974 g/mol. The topological polar surface area (TPSA) is 9.72 Å². The Morgan fingerprint density at radius 2 is 0.797 bits per heavy atom. The second-order valence-electron chi connectivity index (χ2n) is 27.1. The third-order valence-corrected chi connectivity index (χ3v) is 16.2. The Morgan fingerprint density at radius 3 is 1.31 bits per heavy atom. The van der Waals surface area contributed by atoms with Crippen LogP contribution in [0.5, 0.6) is 0 Å². The molecule has 0 aliphatic carbocycles. The zero-order chi connectivity index (χ0) is 53.4. The zero-order valence-electron chi connectivity index (χ0n) is 48.2. The first-order valence-electron chi connectivity index (χ1n) is 27.2. The molecule has 0 fully saturated rings. The molecule has 0 atom stereocenters. The fourth-order valence-corrected chi connectivity index (χ4v) is 11.9. The summed E-state index contributed by atoms with van der Waals surface area (Å²) in [6, 6.07) is 54.6. The Kier molecular flexibility index (Phi) is 12.1. The molecular formula is C70H80BN3. The van der Waals surface area contributed by atoms with Gasteiger partial charge < -0.3 is 14.7 Å². The minimum Gasteiger partial charge on any atom is -0.311 e. The number of rotatable bonds is 5. The molecule has 0 amide bonds. The van der Waals surface area contributed by atoms with Crippen LogP contribution < -0.4 is 31.1 Å². The predicted octanol–water partition coefficient (Wildman–Crippen LogP) is 18.1. The van der Waals surface area contributed by atoms with Crippen molar-refractivity contribution >= 4 is 85.1 Å². The Labute approximate surface area is 445 Å². The van der Waals surface area contributed by atoms with Gasteiger partial charge in [0, 0.05) is 39.5 Å². The number of fused-ring (bicyclic) bond motifs is 5. The molecule has 10 rings (SSSR count). The van der Waals surface area contributed by atoms with E-state index in [1.807, 2.05) is 0 Å². The van der Waals surface area contributed by atoms with Crippen molar-refractivity contribution in [1.82, 2.24) is 0 Å². The Hall–Kier alpha value is -6.52. The maximum atomic E-state index is 2.68. The Morgan fingerprint density at radius 1 is 0.351 bits per heavy atom. The summed E-state index contributed by atoms with van der Waals surface area (Å²) in [5.41, 5.74) is 26.6. The van der Waals surface area contributed by atoms with E-state index in [0.29, 0.717) is 0 Å². The van der Waals surface area contributed by atoms with Crippen molar-refractivity contribution in [3.05, 3.63) is 190 Å². The predicted molar refractivity (Wildman–Crippen MR) is 325 cm³/mol. The minimum absolute atomic E-state index is 0.00777. The first-order valence-corrected chi connectivity index (χ1v) is 27.2. The molecule has 0 radical (unpaired) electrons. The fraction of sp³-hybridized carbons (Fsp3) is 0.343. The largest absolute Gasteiger partial charge is 0.311 e. The Balaban J connectivity index is 1.35. The minimum atomic E-state index is -0.151. The molecule has 2 aliphatic heterocycles. The van der Waals surface area contributed by atoms with Gasteiger partial charge in [0.1, 0.15) is 0 Å². The summed E-state index contributed by atoms with van der Waals surface area (Å²) in [7, 11) is 0. The number of hydrogen-bond acceptors (Lipinski definition) is 3. The lowest BCUT2D eigenvalue weighted by atomic mass is 9.33. The average molecular weight is 974 g/mol. The normalized spacial score (nSPS) is 13.8. The number of benzene rings is 8. The van der Waals surface area contributed by atoms with E-state index < -0.39 is 0 Å². The van der Waals surface area contributed by atoms with E-state index in [4.69, 9.17) is 0 Å². The van der Waals surface area contributed by atoms with Crippen LogP contribution in [0.15, 0.2) is 140 Å². The van der Waals surface area contributed by atoms with Gasteiger partial charge in [-0.05, 0) is 175 Å². The summed E-state index contributed by atoms with van der Waals surface area (Å²) in [5.74, 6) is 0. The molecule has 0 unspecified atom stereocenters. The fourth-order valence-electron chi connectivity index (χ4n) is 11.9. The van der Waals surface area contributed by atoms with Crippen LogP contribution in [0.3, 0.4) is 0 Å². The van der Waals surface area contributed by atoms with E-state index >= 15 is 0 Å². The van der Waals surface area contributed by atoms with Crippen LogP contribution in [-0.2, 0) is 27.1 Å². The van der Waals surface area contributed by atoms with Crippen LogP contribution in [0.1, 0.15) is 154 Å². The van der Waals surface area contributed by atoms with Crippen LogP contribution in [0.4, 0.5) is 51.2 Å². The maximum Gasteiger partial charge on any atom is 0.252 e. The second kappa shape index (κ2) is 17.5. The van der Waals surface area contributed by atoms with Gasteiger partial charge in [0.25, 0.3) is 6.71 Å². The summed E-state index contributed by atoms with van der Waals surface area (Å²) in [5, 5.41) is 2.44. The molecule has 2 aliphatic rings. The van der Waals surface area contributed by atoms with Crippen LogP contribution >= 0.6 is 0 Å². The van der Waals surface area contributed by atoms with E-state index in [-0.39, 0.29) is 33.8 Å². The standard InChI is InChI=1S/C70H80BN3/c1-43-35-50(68(11,12)13)36-44(2)64(43)73-59-34-29-49(67(8,9)10)39-57(59)71-56-33-32-54(72(53-30-27-48(28-31-53)66(5,6)7)58-26-22-24-47-23-20-21-25-55(47)58)42-60(56)74(62-41-52(70(17,18)19)40-61(73)63(62)71)65-45(3)37-51(38-46(65)4)69(14,15)16/h20-42H,1-19H3. The molecule has 0 bridgehead atoms. The highest BCUT2D eigenvalue weighted by Gasteiger charge is 2.46. The van der Waals surface area contributed by atoms with Crippen molar-refractivity contribution in [2.24, 2.45) is 0 Å². The highest BCUT2D eigenvalue weighted by atomic mass is 15.2. The summed E-state index contributed by atoms with van der Waals surface area (Å²) in [4.78, 5) is 7.85. The van der Waals surface area contributed by atoms with Gasteiger partial charge in [-0.3, -0.25) is 0 Å². The van der Waals surface area contributed by atoms with E-state index in [1.165, 1.54) is 111 Å². The van der Waals surface area contributed by atoms with Crippen molar-refractivity contribution < 1.29 is 0 Å². The molecular weight excluding hydrogens is 894 g/mol. The van der Waals surface area contributed by atoms with Gasteiger partial charge in [-0.25, -0.2) is 0 Å². The van der Waals surface area contributed by atoms with Gasteiger partial charge in [-0.15, -0.1) is 0 Å². The molecule has 8 aromatic carbocycles. The van der Waals surface area contributed by atoms with Crippen LogP contribution in [0, 0.1) is 27.7 Å². The molecule has 0 saturated carbocycles. The molecule has 3 nitrogen and oxygen atoms in total. The average Bonchev–Trinajstić information content (AvgIpc) is 3.31. The number of nitrogens with zero attached hydrogens (tertiary/aromatic N) is 3. The van der Waals surface area contributed by atoms with E-state index in [2.05, 4.69) is 286 Å². The summed E-state index contributed by atoms with van der Waals surface area (Å²) in [6.45, 7) is 44.4. The van der Waals surface area contributed by atoms with Crippen molar-refractivity contribution in [2.45, 2.75) is 159 Å². The van der Waals surface area contributed by atoms with Crippen LogP contribution in [-0.4, -0.2) is 6.71 Å². The molecule has 74 heavy (non-hydrogen) atoms. The molecule has 378 valence electrons. The van der Waals surface area contributed by atoms with Crippen molar-refractivity contribution in [2.75, 3.05) is 14.7 Å². The lowest BCUT2D eigenvalue weighted by molar-refractivity contribution is 0.589. The molecule has 8 aromatic rings. The molecule has 0 spiro atoms. The molecule has 4 heteroatoms. The van der Waals surface area contributed by atoms with Gasteiger partial charge in [-0.1, -0.05) is 195 Å².